The molecule has 0 aliphatic carbocycles. The molecule has 0 saturated carbocycles. The summed E-state index contributed by atoms with van der Waals surface area (Å²) in [5, 5.41) is 9.45. The molecule has 4 nitrogen and oxygen atoms in total. The lowest BCUT2D eigenvalue weighted by molar-refractivity contribution is 0.276. The van der Waals surface area contributed by atoms with Gasteiger partial charge in [0.2, 0.25) is 0 Å². The van der Waals surface area contributed by atoms with Gasteiger partial charge in [0.25, 0.3) is 0 Å². The van der Waals surface area contributed by atoms with Crippen molar-refractivity contribution < 1.29 is 5.11 Å². The van der Waals surface area contributed by atoms with Gasteiger partial charge in [-0.2, -0.15) is 0 Å². The fourth-order valence-electron chi connectivity index (χ4n) is 2.35. The third-order valence-corrected chi connectivity index (χ3v) is 3.39. The lowest BCUT2D eigenvalue weighted by Gasteiger charge is -2.25. The highest BCUT2D eigenvalue weighted by Gasteiger charge is 2.23. The third-order valence-electron chi connectivity index (χ3n) is 3.39. The van der Waals surface area contributed by atoms with Crippen LogP contribution in [0.2, 0.25) is 0 Å². The summed E-state index contributed by atoms with van der Waals surface area (Å²) in [6, 6.07) is 0.522. The maximum atomic E-state index is 9.45. The fraction of sp³-hybridized carbons (Fsp3) is 0.692. The van der Waals surface area contributed by atoms with E-state index in [4.69, 9.17) is 0 Å². The molecule has 0 aromatic carbocycles. The van der Waals surface area contributed by atoms with Crippen LogP contribution in [-0.2, 0) is 6.61 Å². The molecular weight excluding hydrogens is 214 g/mol. The number of aliphatic hydroxyl groups is 1. The highest BCUT2D eigenvalue weighted by molar-refractivity contribution is 5.50. The largest absolute Gasteiger partial charge is 0.390 e. The lowest BCUT2D eigenvalue weighted by Crippen LogP contribution is -2.28. The molecule has 1 unspecified atom stereocenters. The molecule has 1 saturated heterocycles. The first-order valence-corrected chi connectivity index (χ1v) is 6.36. The fourth-order valence-corrected chi connectivity index (χ4v) is 2.35. The van der Waals surface area contributed by atoms with Crippen LogP contribution in [0.5, 0.6) is 0 Å². The van der Waals surface area contributed by atoms with E-state index in [0.29, 0.717) is 12.0 Å². The van der Waals surface area contributed by atoms with E-state index in [1.807, 2.05) is 6.20 Å². The summed E-state index contributed by atoms with van der Waals surface area (Å²) >= 11 is 0. The Morgan fingerprint density at radius 1 is 1.53 bits per heavy atom. The number of rotatable bonds is 3. The Labute approximate surface area is 103 Å². The minimum Gasteiger partial charge on any atom is -0.390 e. The summed E-state index contributed by atoms with van der Waals surface area (Å²) in [7, 11) is 0. The van der Waals surface area contributed by atoms with Crippen LogP contribution in [0.1, 0.15) is 51.0 Å². The molecular formula is C13H21N3O. The molecule has 0 bridgehead atoms. The van der Waals surface area contributed by atoms with Crippen molar-refractivity contribution in [3.8, 4) is 0 Å². The number of aromatic nitrogens is 2. The van der Waals surface area contributed by atoms with Crippen LogP contribution in [-0.4, -0.2) is 27.7 Å². The summed E-state index contributed by atoms with van der Waals surface area (Å²) in [6.07, 6.45) is 4.28. The zero-order chi connectivity index (χ0) is 12.4. The monoisotopic (exact) mass is 235 g/mol. The second-order valence-electron chi connectivity index (χ2n) is 5.06. The van der Waals surface area contributed by atoms with E-state index in [1.54, 1.807) is 0 Å². The van der Waals surface area contributed by atoms with E-state index in [9.17, 15) is 5.11 Å². The van der Waals surface area contributed by atoms with Gasteiger partial charge in [-0.15, -0.1) is 0 Å². The average molecular weight is 235 g/mol. The molecule has 1 fully saturated rings. The summed E-state index contributed by atoms with van der Waals surface area (Å²) in [5.41, 5.74) is 1.76. The van der Waals surface area contributed by atoms with Gasteiger partial charge in [-0.05, 0) is 19.8 Å². The van der Waals surface area contributed by atoms with Crippen molar-refractivity contribution in [2.75, 3.05) is 11.4 Å². The molecule has 1 aromatic heterocycles. The van der Waals surface area contributed by atoms with E-state index < -0.39 is 0 Å². The van der Waals surface area contributed by atoms with E-state index in [-0.39, 0.29) is 6.61 Å². The zero-order valence-electron chi connectivity index (χ0n) is 10.8. The van der Waals surface area contributed by atoms with Gasteiger partial charge in [0.15, 0.2) is 0 Å². The molecule has 0 spiro atoms. The lowest BCUT2D eigenvalue weighted by atomic mass is 10.2. The SMILES string of the molecule is CC(C)c1ncc(N2CCCC2C)c(CO)n1. The standard InChI is InChI=1S/C13H21N3O/c1-9(2)13-14-7-12(11(8-17)15-13)16-6-4-5-10(16)3/h7,9-10,17H,4-6,8H2,1-3H3. The number of nitrogens with zero attached hydrogens (tertiary/aromatic N) is 3. The predicted octanol–water partition coefficient (Wildman–Crippen LogP) is 2.08. The average Bonchev–Trinajstić information content (AvgIpc) is 2.74. The maximum absolute atomic E-state index is 9.45. The highest BCUT2D eigenvalue weighted by Crippen LogP contribution is 2.27. The van der Waals surface area contributed by atoms with Crippen molar-refractivity contribution in [2.24, 2.45) is 0 Å². The number of hydrogen-bond donors (Lipinski definition) is 1. The van der Waals surface area contributed by atoms with E-state index in [2.05, 4.69) is 35.6 Å². The zero-order valence-corrected chi connectivity index (χ0v) is 10.8. The van der Waals surface area contributed by atoms with Crippen LogP contribution in [0, 0.1) is 0 Å². The predicted molar refractivity (Wildman–Crippen MR) is 68.1 cm³/mol. The molecule has 0 radical (unpaired) electrons. The minimum atomic E-state index is -0.0131. The first-order chi connectivity index (χ1) is 8.13. The Kier molecular flexibility index (Phi) is 3.62. The molecule has 2 rings (SSSR count). The topological polar surface area (TPSA) is 49.2 Å². The molecule has 2 heterocycles. The van der Waals surface area contributed by atoms with Crippen molar-refractivity contribution >= 4 is 5.69 Å². The molecule has 1 aliphatic rings. The van der Waals surface area contributed by atoms with Crippen LogP contribution in [0.4, 0.5) is 5.69 Å². The Morgan fingerprint density at radius 3 is 2.82 bits per heavy atom. The maximum Gasteiger partial charge on any atom is 0.131 e. The van der Waals surface area contributed by atoms with E-state index in [0.717, 1.165) is 23.8 Å². The molecule has 1 aromatic rings. The van der Waals surface area contributed by atoms with Gasteiger partial charge < -0.3 is 10.0 Å². The Bertz CT molecular complexity index is 392. The molecule has 0 amide bonds. The Balaban J connectivity index is 2.33. The van der Waals surface area contributed by atoms with Crippen LogP contribution in [0.3, 0.4) is 0 Å². The van der Waals surface area contributed by atoms with Crippen LogP contribution in [0.25, 0.3) is 0 Å². The van der Waals surface area contributed by atoms with E-state index in [1.165, 1.54) is 12.8 Å². The van der Waals surface area contributed by atoms with E-state index >= 15 is 0 Å². The molecule has 94 valence electrons. The molecule has 4 heteroatoms. The summed E-state index contributed by atoms with van der Waals surface area (Å²) < 4.78 is 0. The van der Waals surface area contributed by atoms with Crippen molar-refractivity contribution in [3.05, 3.63) is 17.7 Å². The van der Waals surface area contributed by atoms with Gasteiger partial charge in [-0.1, -0.05) is 13.8 Å². The normalized spacial score (nSPS) is 20.3. The third kappa shape index (κ3) is 2.41. The molecule has 1 N–H and O–H groups in total. The second-order valence-corrected chi connectivity index (χ2v) is 5.06. The van der Waals surface area contributed by atoms with Crippen LogP contribution in [0.15, 0.2) is 6.20 Å². The first-order valence-electron chi connectivity index (χ1n) is 6.36. The van der Waals surface area contributed by atoms with Crippen molar-refractivity contribution in [2.45, 2.75) is 52.2 Å². The van der Waals surface area contributed by atoms with Gasteiger partial charge in [0.05, 0.1) is 24.2 Å². The Hall–Kier alpha value is -1.16. The van der Waals surface area contributed by atoms with Crippen molar-refractivity contribution in [1.29, 1.82) is 0 Å². The summed E-state index contributed by atoms with van der Waals surface area (Å²) in [6.45, 7) is 7.37. The summed E-state index contributed by atoms with van der Waals surface area (Å²) in [4.78, 5) is 11.2. The van der Waals surface area contributed by atoms with Gasteiger partial charge in [0.1, 0.15) is 5.82 Å². The van der Waals surface area contributed by atoms with Crippen molar-refractivity contribution in [1.82, 2.24) is 9.97 Å². The van der Waals surface area contributed by atoms with Crippen LogP contribution < -0.4 is 4.90 Å². The smallest absolute Gasteiger partial charge is 0.131 e. The van der Waals surface area contributed by atoms with Gasteiger partial charge in [-0.25, -0.2) is 9.97 Å². The van der Waals surface area contributed by atoms with Gasteiger partial charge in [-0.3, -0.25) is 0 Å². The first kappa shape index (κ1) is 12.3. The number of hydrogen-bond acceptors (Lipinski definition) is 4. The summed E-state index contributed by atoms with van der Waals surface area (Å²) in [5.74, 6) is 1.11. The molecule has 1 aliphatic heterocycles. The number of anilines is 1. The molecule has 17 heavy (non-hydrogen) atoms. The highest BCUT2D eigenvalue weighted by atomic mass is 16.3. The van der Waals surface area contributed by atoms with Gasteiger partial charge >= 0.3 is 0 Å². The quantitative estimate of drug-likeness (QED) is 0.871. The number of aliphatic hydroxyl groups excluding tert-OH is 1. The van der Waals surface area contributed by atoms with Gasteiger partial charge in [0, 0.05) is 18.5 Å². The van der Waals surface area contributed by atoms with Crippen molar-refractivity contribution in [3.63, 3.8) is 0 Å². The minimum absolute atomic E-state index is 0.0131. The second kappa shape index (κ2) is 5.00. The van der Waals surface area contributed by atoms with Crippen LogP contribution >= 0.6 is 0 Å². The molecule has 1 atom stereocenters. The Morgan fingerprint density at radius 2 is 2.29 bits per heavy atom.